The molecule has 0 radical (unpaired) electrons. The minimum Gasteiger partial charge on any atom is -0.0602 e. The van der Waals surface area contributed by atoms with Crippen LogP contribution in [0.1, 0.15) is 81.1 Å². The highest BCUT2D eigenvalue weighted by molar-refractivity contribution is 4.90. The van der Waals surface area contributed by atoms with Gasteiger partial charge in [-0.3, -0.25) is 0 Å². The molecular formula is C17H34. The Labute approximate surface area is 110 Å². The predicted octanol–water partition coefficient (Wildman–Crippen LogP) is 5.91. The summed E-state index contributed by atoms with van der Waals surface area (Å²) in [5, 5.41) is 0. The largest absolute Gasteiger partial charge is 0.0602 e. The van der Waals surface area contributed by atoms with E-state index in [2.05, 4.69) is 55.4 Å². The van der Waals surface area contributed by atoms with Gasteiger partial charge in [-0.2, -0.15) is 0 Å². The monoisotopic (exact) mass is 238 g/mol. The standard InChI is InChI=1S/C17H34/c1-15(2,3)10-13-9-14(16(4,5)6)12-17(7,8)11-13/h13-14H,9-12H2,1-8H3. The van der Waals surface area contributed by atoms with E-state index in [0.29, 0.717) is 16.2 Å². The Bertz CT molecular complexity index is 244. The summed E-state index contributed by atoms with van der Waals surface area (Å²) >= 11 is 0. The van der Waals surface area contributed by atoms with E-state index < -0.39 is 0 Å². The molecule has 1 fully saturated rings. The molecule has 0 amide bonds. The van der Waals surface area contributed by atoms with Crippen LogP contribution in [0.4, 0.5) is 0 Å². The van der Waals surface area contributed by atoms with Crippen molar-refractivity contribution in [3.05, 3.63) is 0 Å². The normalized spacial score (nSPS) is 30.4. The summed E-state index contributed by atoms with van der Waals surface area (Å²) in [6, 6.07) is 0. The molecule has 0 bridgehead atoms. The molecule has 0 aromatic carbocycles. The molecule has 1 aliphatic rings. The van der Waals surface area contributed by atoms with Gasteiger partial charge >= 0.3 is 0 Å². The quantitative estimate of drug-likeness (QED) is 0.532. The van der Waals surface area contributed by atoms with Gasteiger partial charge in [0, 0.05) is 0 Å². The lowest BCUT2D eigenvalue weighted by Crippen LogP contribution is -2.36. The van der Waals surface area contributed by atoms with Crippen LogP contribution in [-0.4, -0.2) is 0 Å². The van der Waals surface area contributed by atoms with Crippen LogP contribution in [0, 0.1) is 28.1 Å². The van der Waals surface area contributed by atoms with Gasteiger partial charge in [-0.05, 0) is 53.8 Å². The predicted molar refractivity (Wildman–Crippen MR) is 78.1 cm³/mol. The first-order chi connectivity index (χ1) is 7.39. The maximum absolute atomic E-state index is 2.47. The number of hydrogen-bond acceptors (Lipinski definition) is 0. The van der Waals surface area contributed by atoms with Gasteiger partial charge in [-0.25, -0.2) is 0 Å². The Morgan fingerprint density at radius 1 is 0.941 bits per heavy atom. The Balaban J connectivity index is 2.75. The summed E-state index contributed by atoms with van der Waals surface area (Å²) in [7, 11) is 0. The van der Waals surface area contributed by atoms with Crippen LogP contribution in [0.5, 0.6) is 0 Å². The summed E-state index contributed by atoms with van der Waals surface area (Å²) in [6.07, 6.45) is 5.68. The first kappa shape index (κ1) is 15.1. The third-order valence-corrected chi connectivity index (χ3v) is 4.38. The first-order valence-corrected chi connectivity index (χ1v) is 7.39. The van der Waals surface area contributed by atoms with Gasteiger partial charge in [-0.15, -0.1) is 0 Å². The Kier molecular flexibility index (Phi) is 4.07. The fraction of sp³-hybridized carbons (Fsp3) is 1.00. The third kappa shape index (κ3) is 5.02. The molecular weight excluding hydrogens is 204 g/mol. The van der Waals surface area contributed by atoms with Crippen molar-refractivity contribution >= 4 is 0 Å². The molecule has 0 saturated heterocycles. The smallest absolute Gasteiger partial charge is 0.0349 e. The van der Waals surface area contributed by atoms with Gasteiger partial charge < -0.3 is 0 Å². The summed E-state index contributed by atoms with van der Waals surface area (Å²) in [4.78, 5) is 0. The van der Waals surface area contributed by atoms with Crippen molar-refractivity contribution in [3.8, 4) is 0 Å². The van der Waals surface area contributed by atoms with Crippen molar-refractivity contribution in [3.63, 3.8) is 0 Å². The van der Waals surface area contributed by atoms with Crippen LogP contribution < -0.4 is 0 Å². The summed E-state index contributed by atoms with van der Waals surface area (Å²) in [5.41, 5.74) is 1.51. The van der Waals surface area contributed by atoms with E-state index in [9.17, 15) is 0 Å². The zero-order valence-electron chi connectivity index (χ0n) is 13.5. The van der Waals surface area contributed by atoms with Gasteiger partial charge in [0.1, 0.15) is 0 Å². The Hall–Kier alpha value is 0. The average molecular weight is 238 g/mol. The van der Waals surface area contributed by atoms with E-state index in [4.69, 9.17) is 0 Å². The minimum atomic E-state index is 0.480. The number of rotatable bonds is 1. The lowest BCUT2D eigenvalue weighted by atomic mass is 9.59. The third-order valence-electron chi connectivity index (χ3n) is 4.38. The molecule has 1 aliphatic carbocycles. The van der Waals surface area contributed by atoms with E-state index >= 15 is 0 Å². The molecule has 102 valence electrons. The second-order valence-corrected chi connectivity index (χ2v) is 9.50. The van der Waals surface area contributed by atoms with Crippen LogP contribution in [0.2, 0.25) is 0 Å². The first-order valence-electron chi connectivity index (χ1n) is 7.39. The van der Waals surface area contributed by atoms with Crippen LogP contribution >= 0.6 is 0 Å². The summed E-state index contributed by atoms with van der Waals surface area (Å²) < 4.78 is 0. The molecule has 0 aromatic rings. The van der Waals surface area contributed by atoms with Gasteiger partial charge in [0.2, 0.25) is 0 Å². The van der Waals surface area contributed by atoms with Crippen LogP contribution in [-0.2, 0) is 0 Å². The zero-order valence-corrected chi connectivity index (χ0v) is 13.5. The molecule has 0 heteroatoms. The highest BCUT2D eigenvalue weighted by Crippen LogP contribution is 2.50. The maximum Gasteiger partial charge on any atom is -0.0349 e. The van der Waals surface area contributed by atoms with E-state index in [1.807, 2.05) is 0 Å². The van der Waals surface area contributed by atoms with Crippen LogP contribution in [0.15, 0.2) is 0 Å². The van der Waals surface area contributed by atoms with E-state index in [1.54, 1.807) is 0 Å². The second-order valence-electron chi connectivity index (χ2n) is 9.50. The van der Waals surface area contributed by atoms with Crippen molar-refractivity contribution in [2.75, 3.05) is 0 Å². The second kappa shape index (κ2) is 4.59. The van der Waals surface area contributed by atoms with Crippen molar-refractivity contribution in [2.24, 2.45) is 28.1 Å². The zero-order chi connectivity index (χ0) is 13.5. The van der Waals surface area contributed by atoms with E-state index in [-0.39, 0.29) is 0 Å². The topological polar surface area (TPSA) is 0 Å². The maximum atomic E-state index is 2.47. The van der Waals surface area contributed by atoms with Gasteiger partial charge in [0.25, 0.3) is 0 Å². The summed E-state index contributed by atoms with van der Waals surface area (Å²) in [6.45, 7) is 19.4. The Morgan fingerprint density at radius 3 is 1.88 bits per heavy atom. The Morgan fingerprint density at radius 2 is 1.47 bits per heavy atom. The van der Waals surface area contributed by atoms with Gasteiger partial charge in [0.15, 0.2) is 0 Å². The molecule has 1 saturated carbocycles. The fourth-order valence-corrected chi connectivity index (χ4v) is 3.78. The van der Waals surface area contributed by atoms with Crippen molar-refractivity contribution in [1.29, 1.82) is 0 Å². The molecule has 2 unspecified atom stereocenters. The van der Waals surface area contributed by atoms with Gasteiger partial charge in [0.05, 0.1) is 0 Å². The molecule has 17 heavy (non-hydrogen) atoms. The van der Waals surface area contributed by atoms with Gasteiger partial charge in [-0.1, -0.05) is 55.4 Å². The lowest BCUT2D eigenvalue weighted by Gasteiger charge is -2.46. The fourth-order valence-electron chi connectivity index (χ4n) is 3.78. The number of hydrogen-bond donors (Lipinski definition) is 0. The molecule has 1 rings (SSSR count). The van der Waals surface area contributed by atoms with E-state index in [1.165, 1.54) is 25.7 Å². The van der Waals surface area contributed by atoms with Crippen molar-refractivity contribution in [1.82, 2.24) is 0 Å². The van der Waals surface area contributed by atoms with Crippen molar-refractivity contribution in [2.45, 2.75) is 81.1 Å². The minimum absolute atomic E-state index is 0.480. The van der Waals surface area contributed by atoms with E-state index in [0.717, 1.165) is 11.8 Å². The molecule has 0 spiro atoms. The highest BCUT2D eigenvalue weighted by Gasteiger charge is 2.39. The molecule has 0 aliphatic heterocycles. The van der Waals surface area contributed by atoms with Crippen molar-refractivity contribution < 1.29 is 0 Å². The molecule has 0 N–H and O–H groups in total. The highest BCUT2D eigenvalue weighted by atomic mass is 14.4. The molecule has 0 nitrogen and oxygen atoms in total. The lowest BCUT2D eigenvalue weighted by molar-refractivity contribution is 0.0415. The average Bonchev–Trinajstić information content (AvgIpc) is 1.94. The molecule has 2 atom stereocenters. The molecule has 0 aromatic heterocycles. The van der Waals surface area contributed by atoms with Crippen LogP contribution in [0.3, 0.4) is 0 Å². The SMILES string of the molecule is CC(C)(C)CC1CC(C(C)(C)C)CC(C)(C)C1. The molecule has 0 heterocycles. The van der Waals surface area contributed by atoms with Crippen LogP contribution in [0.25, 0.3) is 0 Å². The summed E-state index contributed by atoms with van der Waals surface area (Å²) in [5.74, 6) is 1.83.